The van der Waals surface area contributed by atoms with Crippen molar-refractivity contribution in [2.75, 3.05) is 33.7 Å². The number of hydrogen-bond acceptors (Lipinski definition) is 3. The molecule has 0 aromatic carbocycles. The number of nitrogens with zero attached hydrogens (tertiary/aromatic N) is 2. The molecule has 0 radical (unpaired) electrons. The number of urea groups is 1. The van der Waals surface area contributed by atoms with Crippen LogP contribution in [-0.2, 0) is 4.79 Å². The van der Waals surface area contributed by atoms with E-state index in [0.717, 1.165) is 6.54 Å². The van der Waals surface area contributed by atoms with Crippen LogP contribution in [0.2, 0.25) is 0 Å². The van der Waals surface area contributed by atoms with E-state index in [2.05, 4.69) is 5.32 Å². The molecule has 17 heavy (non-hydrogen) atoms. The van der Waals surface area contributed by atoms with E-state index in [1.807, 2.05) is 32.8 Å². The van der Waals surface area contributed by atoms with Gasteiger partial charge in [-0.2, -0.15) is 0 Å². The number of carboxylic acid groups (broad SMARTS) is 1. The van der Waals surface area contributed by atoms with Crippen LogP contribution in [0.5, 0.6) is 0 Å². The van der Waals surface area contributed by atoms with Crippen molar-refractivity contribution in [1.82, 2.24) is 15.1 Å². The molecule has 2 amide bonds. The van der Waals surface area contributed by atoms with E-state index in [9.17, 15) is 9.59 Å². The van der Waals surface area contributed by atoms with E-state index >= 15 is 0 Å². The lowest BCUT2D eigenvalue weighted by Crippen LogP contribution is -2.48. The van der Waals surface area contributed by atoms with E-state index in [0.29, 0.717) is 6.54 Å². The van der Waals surface area contributed by atoms with E-state index in [-0.39, 0.29) is 25.0 Å². The van der Waals surface area contributed by atoms with Crippen LogP contribution in [0.1, 0.15) is 20.3 Å². The molecular weight excluding hydrogens is 222 g/mol. The lowest BCUT2D eigenvalue weighted by atomic mass is 10.3. The Balaban J connectivity index is 4.15. The van der Waals surface area contributed by atoms with Gasteiger partial charge in [-0.1, -0.05) is 0 Å². The molecule has 0 aliphatic carbocycles. The van der Waals surface area contributed by atoms with Gasteiger partial charge in [-0.25, -0.2) is 4.79 Å². The van der Waals surface area contributed by atoms with Crippen LogP contribution in [-0.4, -0.2) is 66.7 Å². The normalized spacial score (nSPS) is 12.3. The lowest BCUT2D eigenvalue weighted by molar-refractivity contribution is -0.136. The van der Waals surface area contributed by atoms with Crippen molar-refractivity contribution in [3.05, 3.63) is 0 Å². The number of likely N-dealkylation sites (N-methyl/N-ethyl adjacent to an activating group) is 2. The Kier molecular flexibility index (Phi) is 7.29. The van der Waals surface area contributed by atoms with Gasteiger partial charge in [-0.05, 0) is 27.9 Å². The zero-order valence-electron chi connectivity index (χ0n) is 11.1. The molecule has 0 heterocycles. The number of nitrogens with one attached hydrogen (secondary N) is 1. The van der Waals surface area contributed by atoms with Crippen molar-refractivity contribution in [2.24, 2.45) is 0 Å². The monoisotopic (exact) mass is 245 g/mol. The first kappa shape index (κ1) is 15.7. The van der Waals surface area contributed by atoms with E-state index in [1.165, 1.54) is 0 Å². The van der Waals surface area contributed by atoms with Crippen molar-refractivity contribution >= 4 is 12.0 Å². The van der Waals surface area contributed by atoms with Crippen molar-refractivity contribution in [1.29, 1.82) is 0 Å². The molecule has 0 aliphatic rings. The average Bonchev–Trinajstić information content (AvgIpc) is 2.16. The third kappa shape index (κ3) is 6.78. The Bertz CT molecular complexity index is 256. The summed E-state index contributed by atoms with van der Waals surface area (Å²) in [6.45, 7) is 5.43. The molecule has 0 fully saturated rings. The maximum atomic E-state index is 11.8. The van der Waals surface area contributed by atoms with Gasteiger partial charge in [0.25, 0.3) is 0 Å². The van der Waals surface area contributed by atoms with Crippen molar-refractivity contribution < 1.29 is 14.7 Å². The predicted octanol–water partition coefficient (Wildman–Crippen LogP) is 0.443. The zero-order chi connectivity index (χ0) is 13.4. The molecule has 6 heteroatoms. The number of carbonyl (C=O) groups is 2. The largest absolute Gasteiger partial charge is 0.481 e. The molecule has 0 rings (SSSR count). The minimum absolute atomic E-state index is 0.0502. The van der Waals surface area contributed by atoms with Crippen LogP contribution in [0.3, 0.4) is 0 Å². The third-order valence-corrected chi connectivity index (χ3v) is 2.38. The second kappa shape index (κ2) is 7.89. The van der Waals surface area contributed by atoms with E-state index < -0.39 is 5.97 Å². The number of carbonyl (C=O) groups excluding carboxylic acids is 1. The minimum Gasteiger partial charge on any atom is -0.481 e. The molecule has 1 atom stereocenters. The van der Waals surface area contributed by atoms with Gasteiger partial charge in [0.15, 0.2) is 0 Å². The Labute approximate surface area is 103 Å². The number of aliphatic carboxylic acids is 1. The molecular formula is C11H23N3O3. The van der Waals surface area contributed by atoms with Crippen LogP contribution in [0.4, 0.5) is 4.79 Å². The van der Waals surface area contributed by atoms with Gasteiger partial charge in [0.05, 0.1) is 6.42 Å². The van der Waals surface area contributed by atoms with Gasteiger partial charge < -0.3 is 20.2 Å². The van der Waals surface area contributed by atoms with Crippen LogP contribution in [0.15, 0.2) is 0 Å². The topological polar surface area (TPSA) is 72.9 Å². The summed E-state index contributed by atoms with van der Waals surface area (Å²) in [7, 11) is 3.90. The minimum atomic E-state index is -0.908. The fourth-order valence-corrected chi connectivity index (χ4v) is 1.66. The van der Waals surface area contributed by atoms with Crippen LogP contribution >= 0.6 is 0 Å². The van der Waals surface area contributed by atoms with Crippen molar-refractivity contribution in [3.8, 4) is 0 Å². The number of carboxylic acids is 1. The summed E-state index contributed by atoms with van der Waals surface area (Å²) in [5.41, 5.74) is 0. The Hall–Kier alpha value is -1.30. The highest BCUT2D eigenvalue weighted by atomic mass is 16.4. The highest BCUT2D eigenvalue weighted by Crippen LogP contribution is 2.00. The molecule has 0 aromatic rings. The van der Waals surface area contributed by atoms with Gasteiger partial charge in [-0.3, -0.25) is 4.79 Å². The average molecular weight is 245 g/mol. The van der Waals surface area contributed by atoms with Crippen molar-refractivity contribution in [3.63, 3.8) is 0 Å². The molecule has 0 aromatic heterocycles. The van der Waals surface area contributed by atoms with Crippen LogP contribution in [0.25, 0.3) is 0 Å². The molecule has 0 saturated carbocycles. The SMILES string of the molecule is CCN(C(=O)NCCC(=O)O)C(C)CN(C)C. The van der Waals surface area contributed by atoms with Gasteiger partial charge in [-0.15, -0.1) is 0 Å². The molecule has 0 bridgehead atoms. The second-order valence-electron chi connectivity index (χ2n) is 4.27. The summed E-state index contributed by atoms with van der Waals surface area (Å²) in [4.78, 5) is 25.8. The van der Waals surface area contributed by atoms with Gasteiger partial charge in [0, 0.05) is 25.7 Å². The lowest BCUT2D eigenvalue weighted by Gasteiger charge is -2.30. The third-order valence-electron chi connectivity index (χ3n) is 2.38. The Morgan fingerprint density at radius 2 is 1.94 bits per heavy atom. The summed E-state index contributed by atoms with van der Waals surface area (Å²) < 4.78 is 0. The molecule has 0 spiro atoms. The first-order valence-electron chi connectivity index (χ1n) is 5.79. The number of amides is 2. The molecule has 100 valence electrons. The predicted molar refractivity (Wildman–Crippen MR) is 66.0 cm³/mol. The van der Waals surface area contributed by atoms with Gasteiger partial charge >= 0.3 is 12.0 Å². The summed E-state index contributed by atoms with van der Waals surface area (Å²) in [6, 6.07) is -0.108. The van der Waals surface area contributed by atoms with Gasteiger partial charge in [0.1, 0.15) is 0 Å². The van der Waals surface area contributed by atoms with Crippen LogP contribution in [0, 0.1) is 0 Å². The summed E-state index contributed by atoms with van der Waals surface area (Å²) in [5.74, 6) is -0.908. The molecule has 0 aliphatic heterocycles. The first-order valence-corrected chi connectivity index (χ1v) is 5.79. The maximum Gasteiger partial charge on any atom is 0.317 e. The molecule has 6 nitrogen and oxygen atoms in total. The second-order valence-corrected chi connectivity index (χ2v) is 4.27. The summed E-state index contributed by atoms with van der Waals surface area (Å²) in [5, 5.41) is 11.1. The molecule has 1 unspecified atom stereocenters. The molecule has 2 N–H and O–H groups in total. The summed E-state index contributed by atoms with van der Waals surface area (Å²) in [6.07, 6.45) is -0.0502. The zero-order valence-corrected chi connectivity index (χ0v) is 11.1. The van der Waals surface area contributed by atoms with E-state index in [4.69, 9.17) is 5.11 Å². The number of hydrogen-bond donors (Lipinski definition) is 2. The fraction of sp³-hybridized carbons (Fsp3) is 0.818. The highest BCUT2D eigenvalue weighted by molar-refractivity contribution is 5.75. The first-order chi connectivity index (χ1) is 7.88. The fourth-order valence-electron chi connectivity index (χ4n) is 1.66. The van der Waals surface area contributed by atoms with Crippen molar-refractivity contribution in [2.45, 2.75) is 26.3 Å². The van der Waals surface area contributed by atoms with Gasteiger partial charge in [0.2, 0.25) is 0 Å². The Morgan fingerprint density at radius 3 is 2.35 bits per heavy atom. The molecule has 0 saturated heterocycles. The highest BCUT2D eigenvalue weighted by Gasteiger charge is 2.18. The smallest absolute Gasteiger partial charge is 0.317 e. The summed E-state index contributed by atoms with van der Waals surface area (Å²) >= 11 is 0. The van der Waals surface area contributed by atoms with E-state index in [1.54, 1.807) is 4.90 Å². The quantitative estimate of drug-likeness (QED) is 0.683. The standard InChI is InChI=1S/C11H23N3O3/c1-5-14(9(2)8-13(3)4)11(17)12-7-6-10(15)16/h9H,5-8H2,1-4H3,(H,12,17)(H,15,16). The van der Waals surface area contributed by atoms with Crippen LogP contribution < -0.4 is 5.32 Å². The number of rotatable bonds is 7. The maximum absolute atomic E-state index is 11.8. The Morgan fingerprint density at radius 1 is 1.35 bits per heavy atom.